The standard InChI is InChI=1S/C8H14S/c1-5-6-7(2)8(3)9-4/h5-6H,1-4H3/b6-5-,8-7-. The van der Waals surface area contributed by atoms with Gasteiger partial charge >= 0.3 is 0 Å². The summed E-state index contributed by atoms with van der Waals surface area (Å²) in [5.74, 6) is 0. The SMILES string of the molecule is C/C=C\C(C)=C(\C)SC. The van der Waals surface area contributed by atoms with Crippen molar-refractivity contribution in [3.63, 3.8) is 0 Å². The first-order valence-electron chi connectivity index (χ1n) is 3.06. The Bertz CT molecular complexity index is 132. The molecule has 0 rings (SSSR count). The molecule has 0 nitrogen and oxygen atoms in total. The summed E-state index contributed by atoms with van der Waals surface area (Å²) in [6, 6.07) is 0. The number of thioether (sulfide) groups is 1. The molecule has 0 saturated heterocycles. The van der Waals surface area contributed by atoms with Crippen LogP contribution < -0.4 is 0 Å². The molecule has 0 atom stereocenters. The van der Waals surface area contributed by atoms with E-state index in [1.807, 2.05) is 6.92 Å². The van der Waals surface area contributed by atoms with Crippen LogP contribution in [0.2, 0.25) is 0 Å². The fourth-order valence-corrected chi connectivity index (χ4v) is 0.918. The summed E-state index contributed by atoms with van der Waals surface area (Å²) in [6.07, 6.45) is 6.29. The van der Waals surface area contributed by atoms with Crippen LogP contribution in [0.1, 0.15) is 20.8 Å². The highest BCUT2D eigenvalue weighted by molar-refractivity contribution is 8.02. The third-order valence-electron chi connectivity index (χ3n) is 1.28. The zero-order chi connectivity index (χ0) is 7.28. The van der Waals surface area contributed by atoms with Crippen LogP contribution in [0.3, 0.4) is 0 Å². The molecule has 0 amide bonds. The molecular formula is C8H14S. The van der Waals surface area contributed by atoms with E-state index in [1.165, 1.54) is 10.5 Å². The zero-order valence-electron chi connectivity index (χ0n) is 6.56. The molecule has 1 heteroatoms. The number of allylic oxidation sites excluding steroid dienone is 4. The van der Waals surface area contributed by atoms with Gasteiger partial charge in [-0.25, -0.2) is 0 Å². The lowest BCUT2D eigenvalue weighted by Gasteiger charge is -1.96. The quantitative estimate of drug-likeness (QED) is 0.533. The van der Waals surface area contributed by atoms with Gasteiger partial charge in [-0.3, -0.25) is 0 Å². The topological polar surface area (TPSA) is 0 Å². The maximum Gasteiger partial charge on any atom is -0.0140 e. The van der Waals surface area contributed by atoms with Crippen molar-refractivity contribution in [2.45, 2.75) is 20.8 Å². The lowest BCUT2D eigenvalue weighted by atomic mass is 10.3. The van der Waals surface area contributed by atoms with Crippen molar-refractivity contribution in [2.75, 3.05) is 6.26 Å². The van der Waals surface area contributed by atoms with Crippen molar-refractivity contribution in [3.8, 4) is 0 Å². The monoisotopic (exact) mass is 142 g/mol. The third-order valence-corrected chi connectivity index (χ3v) is 2.21. The highest BCUT2D eigenvalue weighted by Gasteiger charge is 1.87. The fourth-order valence-electron chi connectivity index (χ4n) is 0.528. The average Bonchev–Trinajstić information content (AvgIpc) is 1.87. The first kappa shape index (κ1) is 8.83. The van der Waals surface area contributed by atoms with Crippen LogP contribution in [0.5, 0.6) is 0 Å². The Kier molecular flexibility index (Phi) is 4.60. The highest BCUT2D eigenvalue weighted by Crippen LogP contribution is 2.15. The van der Waals surface area contributed by atoms with Crippen LogP contribution in [0.25, 0.3) is 0 Å². The van der Waals surface area contributed by atoms with Gasteiger partial charge in [0.2, 0.25) is 0 Å². The molecule has 0 radical (unpaired) electrons. The summed E-state index contributed by atoms with van der Waals surface area (Å²) < 4.78 is 0. The van der Waals surface area contributed by atoms with Gasteiger partial charge in [0.1, 0.15) is 0 Å². The van der Waals surface area contributed by atoms with E-state index < -0.39 is 0 Å². The highest BCUT2D eigenvalue weighted by atomic mass is 32.2. The van der Waals surface area contributed by atoms with E-state index in [-0.39, 0.29) is 0 Å². The average molecular weight is 142 g/mol. The first-order valence-corrected chi connectivity index (χ1v) is 4.29. The van der Waals surface area contributed by atoms with Gasteiger partial charge in [0.25, 0.3) is 0 Å². The van der Waals surface area contributed by atoms with Crippen molar-refractivity contribution in [3.05, 3.63) is 22.6 Å². The Morgan fingerprint density at radius 2 is 1.89 bits per heavy atom. The number of hydrogen-bond acceptors (Lipinski definition) is 1. The summed E-state index contributed by atoms with van der Waals surface area (Å²) in [5.41, 5.74) is 1.37. The molecule has 0 aliphatic carbocycles. The van der Waals surface area contributed by atoms with E-state index in [0.29, 0.717) is 0 Å². The molecule has 0 aromatic rings. The van der Waals surface area contributed by atoms with E-state index in [2.05, 4.69) is 32.3 Å². The van der Waals surface area contributed by atoms with Crippen LogP contribution in [-0.4, -0.2) is 6.26 Å². The molecular weight excluding hydrogens is 128 g/mol. The van der Waals surface area contributed by atoms with Crippen molar-refractivity contribution < 1.29 is 0 Å². The zero-order valence-corrected chi connectivity index (χ0v) is 7.38. The Balaban J connectivity index is 4.10. The molecule has 0 unspecified atom stereocenters. The second-order valence-electron chi connectivity index (χ2n) is 1.94. The van der Waals surface area contributed by atoms with E-state index in [0.717, 1.165) is 0 Å². The summed E-state index contributed by atoms with van der Waals surface area (Å²) >= 11 is 1.80. The predicted molar refractivity (Wildman–Crippen MR) is 46.7 cm³/mol. The minimum absolute atomic E-state index is 1.37. The Labute approximate surface area is 62.0 Å². The smallest absolute Gasteiger partial charge is 0.0140 e. The number of rotatable bonds is 2. The van der Waals surface area contributed by atoms with Crippen LogP contribution in [0, 0.1) is 0 Å². The van der Waals surface area contributed by atoms with Crippen LogP contribution in [0.15, 0.2) is 22.6 Å². The predicted octanol–water partition coefficient (Wildman–Crippen LogP) is 3.22. The Hall–Kier alpha value is -0.170. The minimum Gasteiger partial charge on any atom is -0.134 e. The molecule has 52 valence electrons. The van der Waals surface area contributed by atoms with Crippen LogP contribution >= 0.6 is 11.8 Å². The van der Waals surface area contributed by atoms with Gasteiger partial charge in [-0.1, -0.05) is 12.2 Å². The summed E-state index contributed by atoms with van der Waals surface area (Å²) in [6.45, 7) is 6.31. The van der Waals surface area contributed by atoms with Gasteiger partial charge < -0.3 is 0 Å². The third kappa shape index (κ3) is 3.41. The lowest BCUT2D eigenvalue weighted by molar-refractivity contribution is 1.44. The molecule has 0 aliphatic rings. The number of hydrogen-bond donors (Lipinski definition) is 0. The first-order chi connectivity index (χ1) is 4.22. The van der Waals surface area contributed by atoms with Gasteiger partial charge in [0, 0.05) is 0 Å². The Morgan fingerprint density at radius 1 is 1.33 bits per heavy atom. The normalized spacial score (nSPS) is 14.2. The van der Waals surface area contributed by atoms with E-state index >= 15 is 0 Å². The molecule has 0 N–H and O–H groups in total. The van der Waals surface area contributed by atoms with Gasteiger partial charge in [0.05, 0.1) is 0 Å². The maximum absolute atomic E-state index is 2.14. The van der Waals surface area contributed by atoms with E-state index in [1.54, 1.807) is 11.8 Å². The van der Waals surface area contributed by atoms with Gasteiger partial charge in [-0.2, -0.15) is 0 Å². The maximum atomic E-state index is 2.14. The molecule has 0 saturated carbocycles. The van der Waals surface area contributed by atoms with Crippen LogP contribution in [0.4, 0.5) is 0 Å². The van der Waals surface area contributed by atoms with Crippen molar-refractivity contribution in [2.24, 2.45) is 0 Å². The van der Waals surface area contributed by atoms with Gasteiger partial charge in [-0.05, 0) is 37.5 Å². The summed E-state index contributed by atoms with van der Waals surface area (Å²) in [5, 5.41) is 0. The lowest BCUT2D eigenvalue weighted by Crippen LogP contribution is -1.72. The molecule has 0 bridgehead atoms. The second kappa shape index (κ2) is 4.68. The van der Waals surface area contributed by atoms with Crippen molar-refractivity contribution >= 4 is 11.8 Å². The summed E-state index contributed by atoms with van der Waals surface area (Å²) in [7, 11) is 0. The fraction of sp³-hybridized carbons (Fsp3) is 0.500. The van der Waals surface area contributed by atoms with Gasteiger partial charge in [-0.15, -0.1) is 11.8 Å². The second-order valence-corrected chi connectivity index (χ2v) is 2.96. The van der Waals surface area contributed by atoms with E-state index in [9.17, 15) is 0 Å². The molecule has 9 heavy (non-hydrogen) atoms. The Morgan fingerprint density at radius 3 is 2.22 bits per heavy atom. The van der Waals surface area contributed by atoms with Gasteiger partial charge in [0.15, 0.2) is 0 Å². The van der Waals surface area contributed by atoms with Crippen molar-refractivity contribution in [1.29, 1.82) is 0 Å². The summed E-state index contributed by atoms with van der Waals surface area (Å²) in [4.78, 5) is 1.40. The van der Waals surface area contributed by atoms with E-state index in [4.69, 9.17) is 0 Å². The van der Waals surface area contributed by atoms with Crippen LogP contribution in [-0.2, 0) is 0 Å². The molecule has 0 aliphatic heterocycles. The minimum atomic E-state index is 1.37. The molecule has 0 heterocycles. The molecule has 0 aromatic heterocycles. The van der Waals surface area contributed by atoms with Crippen molar-refractivity contribution in [1.82, 2.24) is 0 Å². The largest absolute Gasteiger partial charge is 0.134 e. The molecule has 0 fully saturated rings. The molecule has 0 aromatic carbocycles. The molecule has 0 spiro atoms.